The van der Waals surface area contributed by atoms with Crippen LogP contribution in [0.15, 0.2) is 24.3 Å². The quantitative estimate of drug-likeness (QED) is 0.813. The fourth-order valence-corrected chi connectivity index (χ4v) is 1.17. The van der Waals surface area contributed by atoms with Gasteiger partial charge < -0.3 is 10.6 Å². The van der Waals surface area contributed by atoms with Crippen molar-refractivity contribution in [2.45, 2.75) is 13.8 Å². The molecule has 0 bridgehead atoms. The molecule has 4 nitrogen and oxygen atoms in total. The highest BCUT2D eigenvalue weighted by Gasteiger charge is 2.08. The fourth-order valence-electron chi connectivity index (χ4n) is 1.17. The van der Waals surface area contributed by atoms with Gasteiger partial charge >= 0.3 is 0 Å². The smallest absolute Gasteiger partial charge is 0.251 e. The van der Waals surface area contributed by atoms with Crippen molar-refractivity contribution in [3.8, 4) is 0 Å². The summed E-state index contributed by atoms with van der Waals surface area (Å²) in [4.78, 5) is 22.8. The Labute approximate surface area is 95.0 Å². The van der Waals surface area contributed by atoms with Gasteiger partial charge in [-0.2, -0.15) is 0 Å². The second-order valence-electron chi connectivity index (χ2n) is 3.80. The van der Waals surface area contributed by atoms with Crippen LogP contribution in [-0.4, -0.2) is 18.9 Å². The highest BCUT2D eigenvalue weighted by molar-refractivity contribution is 5.97. The molecule has 0 saturated heterocycles. The summed E-state index contributed by atoms with van der Waals surface area (Å²) in [5, 5.41) is 5.27. The molecule has 1 aromatic rings. The molecule has 2 amide bonds. The lowest BCUT2D eigenvalue weighted by atomic mass is 10.1. The van der Waals surface area contributed by atoms with Crippen molar-refractivity contribution in [1.29, 1.82) is 0 Å². The number of rotatable bonds is 3. The van der Waals surface area contributed by atoms with Crippen LogP contribution in [0.3, 0.4) is 0 Å². The van der Waals surface area contributed by atoms with Crippen LogP contribution in [0, 0.1) is 5.92 Å². The topological polar surface area (TPSA) is 58.2 Å². The number of carbonyl (C=O) groups is 2. The molecule has 86 valence electrons. The summed E-state index contributed by atoms with van der Waals surface area (Å²) in [6.45, 7) is 3.63. The zero-order chi connectivity index (χ0) is 12.1. The number of hydrogen-bond donors (Lipinski definition) is 2. The minimum Gasteiger partial charge on any atom is -0.355 e. The molecule has 1 aromatic carbocycles. The normalized spacial score (nSPS) is 10.0. The van der Waals surface area contributed by atoms with Gasteiger partial charge in [-0.15, -0.1) is 0 Å². The first-order chi connectivity index (χ1) is 7.54. The maximum Gasteiger partial charge on any atom is 0.251 e. The van der Waals surface area contributed by atoms with E-state index < -0.39 is 0 Å². The van der Waals surface area contributed by atoms with Gasteiger partial charge in [0, 0.05) is 24.2 Å². The first-order valence-corrected chi connectivity index (χ1v) is 5.17. The Morgan fingerprint density at radius 2 is 1.94 bits per heavy atom. The van der Waals surface area contributed by atoms with Gasteiger partial charge in [-0.05, 0) is 18.2 Å². The van der Waals surface area contributed by atoms with Gasteiger partial charge in [-0.3, -0.25) is 9.59 Å². The summed E-state index contributed by atoms with van der Waals surface area (Å²) in [6.07, 6.45) is 0. The van der Waals surface area contributed by atoms with Gasteiger partial charge in [0.05, 0.1) is 0 Å². The van der Waals surface area contributed by atoms with Crippen molar-refractivity contribution < 1.29 is 9.59 Å². The Hall–Kier alpha value is -1.84. The summed E-state index contributed by atoms with van der Waals surface area (Å²) in [6, 6.07) is 6.84. The average Bonchev–Trinajstić information content (AvgIpc) is 2.28. The molecule has 0 aliphatic rings. The molecule has 0 heterocycles. The van der Waals surface area contributed by atoms with E-state index in [9.17, 15) is 9.59 Å². The van der Waals surface area contributed by atoms with Gasteiger partial charge in [0.1, 0.15) is 0 Å². The van der Waals surface area contributed by atoms with Crippen LogP contribution in [0.1, 0.15) is 24.2 Å². The second kappa shape index (κ2) is 5.30. The third kappa shape index (κ3) is 3.08. The molecule has 0 radical (unpaired) electrons. The molecule has 1 rings (SSSR count). The van der Waals surface area contributed by atoms with Gasteiger partial charge in [0.15, 0.2) is 0 Å². The summed E-state index contributed by atoms with van der Waals surface area (Å²) in [5.74, 6) is -0.307. The summed E-state index contributed by atoms with van der Waals surface area (Å²) in [5.41, 5.74) is 1.17. The molecule has 0 unspecified atom stereocenters. The molecular weight excluding hydrogens is 204 g/mol. The van der Waals surface area contributed by atoms with Gasteiger partial charge in [0.25, 0.3) is 5.91 Å². The number of hydrogen-bond acceptors (Lipinski definition) is 2. The lowest BCUT2D eigenvalue weighted by Crippen LogP contribution is -2.20. The van der Waals surface area contributed by atoms with Crippen LogP contribution < -0.4 is 10.6 Å². The largest absolute Gasteiger partial charge is 0.355 e. The zero-order valence-corrected chi connectivity index (χ0v) is 9.70. The molecule has 0 spiro atoms. The number of amides is 2. The van der Waals surface area contributed by atoms with Crippen molar-refractivity contribution in [2.24, 2.45) is 5.92 Å². The van der Waals surface area contributed by atoms with E-state index in [4.69, 9.17) is 0 Å². The summed E-state index contributed by atoms with van der Waals surface area (Å²) >= 11 is 0. The van der Waals surface area contributed by atoms with Crippen LogP contribution in [0.5, 0.6) is 0 Å². The minimum atomic E-state index is -0.166. The Morgan fingerprint density at radius 3 is 2.50 bits per heavy atom. The van der Waals surface area contributed by atoms with E-state index in [0.717, 1.165) is 0 Å². The first kappa shape index (κ1) is 12.2. The molecule has 4 heteroatoms. The Balaban J connectivity index is 2.83. The van der Waals surface area contributed by atoms with Crippen LogP contribution in [-0.2, 0) is 4.79 Å². The van der Waals surface area contributed by atoms with E-state index in [1.54, 1.807) is 31.3 Å². The van der Waals surface area contributed by atoms with Crippen molar-refractivity contribution in [2.75, 3.05) is 12.4 Å². The predicted octanol–water partition coefficient (Wildman–Crippen LogP) is 1.64. The van der Waals surface area contributed by atoms with E-state index in [1.165, 1.54) is 0 Å². The van der Waals surface area contributed by atoms with Crippen molar-refractivity contribution in [1.82, 2.24) is 5.32 Å². The molecule has 2 N–H and O–H groups in total. The van der Waals surface area contributed by atoms with Crippen LogP contribution in [0.2, 0.25) is 0 Å². The SMILES string of the molecule is CNC(=O)c1cccc(NC(=O)C(C)C)c1. The highest BCUT2D eigenvalue weighted by atomic mass is 16.2. The maximum atomic E-state index is 11.5. The van der Waals surface area contributed by atoms with E-state index in [-0.39, 0.29) is 17.7 Å². The maximum absolute atomic E-state index is 11.5. The predicted molar refractivity (Wildman–Crippen MR) is 63.3 cm³/mol. The highest BCUT2D eigenvalue weighted by Crippen LogP contribution is 2.11. The molecule has 0 atom stereocenters. The van der Waals surface area contributed by atoms with E-state index in [0.29, 0.717) is 11.3 Å². The Kier molecular flexibility index (Phi) is 4.05. The molecule has 0 aliphatic carbocycles. The molecule has 16 heavy (non-hydrogen) atoms. The summed E-state index contributed by atoms with van der Waals surface area (Å²) in [7, 11) is 1.57. The molecular formula is C12H16N2O2. The van der Waals surface area contributed by atoms with Crippen LogP contribution in [0.4, 0.5) is 5.69 Å². The number of anilines is 1. The van der Waals surface area contributed by atoms with Crippen molar-refractivity contribution in [3.63, 3.8) is 0 Å². The third-order valence-corrected chi connectivity index (χ3v) is 2.14. The zero-order valence-electron chi connectivity index (χ0n) is 9.70. The number of carbonyl (C=O) groups excluding carboxylic acids is 2. The molecule has 0 fully saturated rings. The standard InChI is InChI=1S/C12H16N2O2/c1-8(2)11(15)14-10-6-4-5-9(7-10)12(16)13-3/h4-8H,1-3H3,(H,13,16)(H,14,15). The van der Waals surface area contributed by atoms with Crippen molar-refractivity contribution in [3.05, 3.63) is 29.8 Å². The monoisotopic (exact) mass is 220 g/mol. The van der Waals surface area contributed by atoms with E-state index >= 15 is 0 Å². The summed E-state index contributed by atoms with van der Waals surface area (Å²) < 4.78 is 0. The lowest BCUT2D eigenvalue weighted by Gasteiger charge is -2.08. The van der Waals surface area contributed by atoms with Gasteiger partial charge in [0.2, 0.25) is 5.91 Å². The van der Waals surface area contributed by atoms with Crippen LogP contribution in [0.25, 0.3) is 0 Å². The Bertz CT molecular complexity index is 400. The number of benzene rings is 1. The molecule has 0 saturated carbocycles. The fraction of sp³-hybridized carbons (Fsp3) is 0.333. The van der Waals surface area contributed by atoms with E-state index in [1.807, 2.05) is 13.8 Å². The third-order valence-electron chi connectivity index (χ3n) is 2.14. The minimum absolute atomic E-state index is 0.0611. The average molecular weight is 220 g/mol. The van der Waals surface area contributed by atoms with Gasteiger partial charge in [-0.25, -0.2) is 0 Å². The molecule has 0 aliphatic heterocycles. The first-order valence-electron chi connectivity index (χ1n) is 5.17. The molecule has 0 aromatic heterocycles. The van der Waals surface area contributed by atoms with Gasteiger partial charge in [-0.1, -0.05) is 19.9 Å². The van der Waals surface area contributed by atoms with Crippen LogP contribution >= 0.6 is 0 Å². The second-order valence-corrected chi connectivity index (χ2v) is 3.80. The van der Waals surface area contributed by atoms with Crippen molar-refractivity contribution >= 4 is 17.5 Å². The Morgan fingerprint density at radius 1 is 1.25 bits per heavy atom. The lowest BCUT2D eigenvalue weighted by molar-refractivity contribution is -0.118. The van der Waals surface area contributed by atoms with E-state index in [2.05, 4.69) is 10.6 Å². The number of nitrogens with one attached hydrogen (secondary N) is 2.